The van der Waals surface area contributed by atoms with Gasteiger partial charge in [-0.1, -0.05) is 23.8 Å². The van der Waals surface area contributed by atoms with Crippen LogP contribution in [0.4, 0.5) is 0 Å². The van der Waals surface area contributed by atoms with E-state index in [9.17, 15) is 0 Å². The maximum absolute atomic E-state index is 8.73. The number of nitriles is 1. The summed E-state index contributed by atoms with van der Waals surface area (Å²) in [5.41, 5.74) is 3.10. The molecule has 2 heteroatoms. The van der Waals surface area contributed by atoms with Crippen LogP contribution < -0.4 is 4.74 Å². The summed E-state index contributed by atoms with van der Waals surface area (Å²) < 4.78 is 5.89. The second-order valence-electron chi connectivity index (χ2n) is 4.29. The Hall–Kier alpha value is -2.01. The highest BCUT2D eigenvalue weighted by Crippen LogP contribution is 2.22. The number of ether oxygens (including phenoxy) is 1. The minimum Gasteiger partial charge on any atom is -0.486 e. The van der Waals surface area contributed by atoms with E-state index in [2.05, 4.69) is 19.1 Å². The highest BCUT2D eigenvalue weighted by molar-refractivity contribution is 5.38. The number of hydrogen-bond donors (Lipinski definition) is 0. The molecule has 1 unspecified atom stereocenters. The first-order chi connectivity index (χ1) is 8.19. The molecule has 1 aliphatic rings. The third-order valence-electron chi connectivity index (χ3n) is 2.80. The van der Waals surface area contributed by atoms with Crippen molar-refractivity contribution in [2.45, 2.75) is 26.4 Å². The van der Waals surface area contributed by atoms with E-state index in [1.807, 2.05) is 37.3 Å². The highest BCUT2D eigenvalue weighted by Gasteiger charge is 2.11. The molecule has 1 aromatic rings. The lowest BCUT2D eigenvalue weighted by Crippen LogP contribution is -2.15. The average Bonchev–Trinajstić information content (AvgIpc) is 2.34. The quantitative estimate of drug-likeness (QED) is 0.772. The lowest BCUT2D eigenvalue weighted by Gasteiger charge is -2.18. The molecule has 0 bridgehead atoms. The molecule has 0 heterocycles. The molecule has 1 aromatic carbocycles. The molecule has 0 radical (unpaired) electrons. The summed E-state index contributed by atoms with van der Waals surface area (Å²) in [4.78, 5) is 0. The lowest BCUT2D eigenvalue weighted by molar-refractivity contribution is 0.249. The van der Waals surface area contributed by atoms with Crippen molar-refractivity contribution in [1.82, 2.24) is 0 Å². The van der Waals surface area contributed by atoms with Crippen molar-refractivity contribution in [3.05, 3.63) is 53.1 Å². The van der Waals surface area contributed by atoms with Gasteiger partial charge in [0.05, 0.1) is 6.07 Å². The average molecular weight is 225 g/mol. The van der Waals surface area contributed by atoms with Crippen LogP contribution in [0.15, 0.2) is 42.0 Å². The lowest BCUT2D eigenvalue weighted by atomic mass is 10.1. The zero-order chi connectivity index (χ0) is 12.3. The summed E-state index contributed by atoms with van der Waals surface area (Å²) in [6.07, 6.45) is 6.46. The molecule has 0 saturated carbocycles. The molecule has 0 fully saturated rings. The van der Waals surface area contributed by atoms with Crippen molar-refractivity contribution in [2.75, 3.05) is 0 Å². The molecule has 0 amide bonds. The third-order valence-corrected chi connectivity index (χ3v) is 2.80. The van der Waals surface area contributed by atoms with Crippen LogP contribution in [0.5, 0.6) is 5.75 Å². The van der Waals surface area contributed by atoms with Gasteiger partial charge in [0.25, 0.3) is 0 Å². The van der Waals surface area contributed by atoms with Crippen LogP contribution in [-0.4, -0.2) is 6.10 Å². The Balaban J connectivity index is 2.06. The Morgan fingerprint density at radius 3 is 2.76 bits per heavy atom. The predicted molar refractivity (Wildman–Crippen MR) is 67.8 cm³/mol. The van der Waals surface area contributed by atoms with E-state index in [0.29, 0.717) is 5.57 Å². The SMILES string of the molecule is Cc1ccc(OC2C=CC(C#N)=CC2)c(C)c1. The number of hydrogen-bond acceptors (Lipinski definition) is 2. The predicted octanol–water partition coefficient (Wildman–Crippen LogP) is 3.46. The monoisotopic (exact) mass is 225 g/mol. The summed E-state index contributed by atoms with van der Waals surface area (Å²) in [6.45, 7) is 4.12. The maximum atomic E-state index is 8.73. The normalized spacial score (nSPS) is 18.4. The smallest absolute Gasteiger partial charge is 0.123 e. The van der Waals surface area contributed by atoms with Gasteiger partial charge in [0, 0.05) is 12.0 Å². The molecule has 2 rings (SSSR count). The number of rotatable bonds is 2. The second kappa shape index (κ2) is 4.88. The first kappa shape index (κ1) is 11.5. The van der Waals surface area contributed by atoms with Crippen LogP contribution in [0.25, 0.3) is 0 Å². The van der Waals surface area contributed by atoms with Crippen molar-refractivity contribution in [1.29, 1.82) is 5.26 Å². The second-order valence-corrected chi connectivity index (χ2v) is 4.29. The molecule has 0 spiro atoms. The van der Waals surface area contributed by atoms with E-state index < -0.39 is 0 Å². The number of nitrogens with zero attached hydrogens (tertiary/aromatic N) is 1. The summed E-state index contributed by atoms with van der Waals surface area (Å²) in [6, 6.07) is 8.28. The van der Waals surface area contributed by atoms with Crippen molar-refractivity contribution >= 4 is 0 Å². The zero-order valence-corrected chi connectivity index (χ0v) is 10.1. The summed E-state index contributed by atoms with van der Waals surface area (Å²) in [5.74, 6) is 0.916. The largest absolute Gasteiger partial charge is 0.486 e. The van der Waals surface area contributed by atoms with Gasteiger partial charge in [-0.15, -0.1) is 0 Å². The van der Waals surface area contributed by atoms with Crippen LogP contribution in [0.3, 0.4) is 0 Å². The van der Waals surface area contributed by atoms with E-state index in [1.165, 1.54) is 5.56 Å². The fraction of sp³-hybridized carbons (Fsp3) is 0.267. The van der Waals surface area contributed by atoms with E-state index >= 15 is 0 Å². The Labute approximate surface area is 102 Å². The fourth-order valence-corrected chi connectivity index (χ4v) is 1.87. The van der Waals surface area contributed by atoms with Gasteiger partial charge in [0.2, 0.25) is 0 Å². The van der Waals surface area contributed by atoms with Gasteiger partial charge in [0.1, 0.15) is 11.9 Å². The molecular formula is C15H15NO. The zero-order valence-electron chi connectivity index (χ0n) is 10.1. The van der Waals surface area contributed by atoms with Gasteiger partial charge in [-0.25, -0.2) is 0 Å². The first-order valence-electron chi connectivity index (χ1n) is 5.71. The number of aryl methyl sites for hydroxylation is 2. The van der Waals surface area contributed by atoms with Crippen LogP contribution >= 0.6 is 0 Å². The topological polar surface area (TPSA) is 33.0 Å². The Bertz CT molecular complexity index is 520. The Morgan fingerprint density at radius 1 is 1.35 bits per heavy atom. The Morgan fingerprint density at radius 2 is 2.18 bits per heavy atom. The molecule has 0 N–H and O–H groups in total. The molecule has 1 aliphatic carbocycles. The van der Waals surface area contributed by atoms with Gasteiger partial charge in [0.15, 0.2) is 0 Å². The van der Waals surface area contributed by atoms with E-state index in [0.717, 1.165) is 17.7 Å². The summed E-state index contributed by atoms with van der Waals surface area (Å²) in [7, 11) is 0. The van der Waals surface area contributed by atoms with Crippen LogP contribution in [0.1, 0.15) is 17.5 Å². The summed E-state index contributed by atoms with van der Waals surface area (Å²) >= 11 is 0. The van der Waals surface area contributed by atoms with Gasteiger partial charge >= 0.3 is 0 Å². The van der Waals surface area contributed by atoms with Crippen molar-refractivity contribution in [3.63, 3.8) is 0 Å². The fourth-order valence-electron chi connectivity index (χ4n) is 1.87. The molecule has 2 nitrogen and oxygen atoms in total. The van der Waals surface area contributed by atoms with Crippen molar-refractivity contribution in [2.24, 2.45) is 0 Å². The van der Waals surface area contributed by atoms with E-state index in [4.69, 9.17) is 10.00 Å². The van der Waals surface area contributed by atoms with Gasteiger partial charge in [-0.05, 0) is 37.6 Å². The summed E-state index contributed by atoms with van der Waals surface area (Å²) in [5, 5.41) is 8.73. The standard InChI is InChI=1S/C15H15NO/c1-11-3-8-15(12(2)9-11)17-14-6-4-13(10-16)5-7-14/h3-6,8-9,14H,7H2,1-2H3. The minimum atomic E-state index is 0.0357. The maximum Gasteiger partial charge on any atom is 0.123 e. The third kappa shape index (κ3) is 2.76. The molecule has 0 saturated heterocycles. The minimum absolute atomic E-state index is 0.0357. The van der Waals surface area contributed by atoms with Gasteiger partial charge < -0.3 is 4.74 Å². The molecule has 0 aliphatic heterocycles. The van der Waals surface area contributed by atoms with Gasteiger partial charge in [-0.2, -0.15) is 5.26 Å². The molecule has 1 atom stereocenters. The van der Waals surface area contributed by atoms with Crippen LogP contribution in [-0.2, 0) is 0 Å². The highest BCUT2D eigenvalue weighted by atomic mass is 16.5. The van der Waals surface area contributed by atoms with Crippen LogP contribution in [0, 0.1) is 25.2 Å². The number of allylic oxidation sites excluding steroid dienone is 2. The molecule has 86 valence electrons. The Kier molecular flexibility index (Phi) is 3.30. The van der Waals surface area contributed by atoms with Crippen molar-refractivity contribution in [3.8, 4) is 11.8 Å². The van der Waals surface area contributed by atoms with E-state index in [1.54, 1.807) is 0 Å². The molecule has 17 heavy (non-hydrogen) atoms. The van der Waals surface area contributed by atoms with Crippen LogP contribution in [0.2, 0.25) is 0 Å². The first-order valence-corrected chi connectivity index (χ1v) is 5.71. The molecule has 0 aromatic heterocycles. The van der Waals surface area contributed by atoms with Crippen molar-refractivity contribution < 1.29 is 4.74 Å². The number of benzene rings is 1. The van der Waals surface area contributed by atoms with Gasteiger partial charge in [-0.3, -0.25) is 0 Å². The molecular weight excluding hydrogens is 210 g/mol. The van der Waals surface area contributed by atoms with E-state index in [-0.39, 0.29) is 6.10 Å².